The zero-order valence-corrected chi connectivity index (χ0v) is 66.1. The average molecular weight is 1660 g/mol. The van der Waals surface area contributed by atoms with Gasteiger partial charge in [0.1, 0.15) is 36.3 Å². The number of anilines is 2. The Bertz CT molecular complexity index is 4810. The summed E-state index contributed by atoms with van der Waals surface area (Å²) in [5.74, 6) is -8.03. The van der Waals surface area contributed by atoms with Gasteiger partial charge in [-0.2, -0.15) is 10.7 Å². The van der Waals surface area contributed by atoms with Crippen molar-refractivity contribution in [2.24, 2.45) is 94.7 Å². The third-order valence-corrected chi connectivity index (χ3v) is 25.6. The maximum absolute atomic E-state index is 14.2. The van der Waals surface area contributed by atoms with Crippen molar-refractivity contribution in [2.75, 3.05) is 24.6 Å². The maximum atomic E-state index is 14.2. The number of phosphoric acid groups is 2. The molecule has 0 spiro atoms. The van der Waals surface area contributed by atoms with Crippen LogP contribution in [0, 0.1) is 52.3 Å². The van der Waals surface area contributed by atoms with E-state index in [-0.39, 0.29) is 104 Å². The van der Waals surface area contributed by atoms with E-state index in [1.54, 1.807) is 47.6 Å². The molecule has 0 aromatic carbocycles. The minimum absolute atomic E-state index is 0. The number of aliphatic hydroxyl groups excluding tert-OH is 4. The summed E-state index contributed by atoms with van der Waals surface area (Å²) in [4.78, 5) is 170. The van der Waals surface area contributed by atoms with Crippen LogP contribution in [0.25, 0.3) is 27.6 Å². The van der Waals surface area contributed by atoms with Gasteiger partial charge in [-0.05, 0) is 88.0 Å². The van der Waals surface area contributed by atoms with Crippen LogP contribution in [0.2, 0.25) is 0 Å². The van der Waals surface area contributed by atoms with E-state index in [4.69, 9.17) is 84.7 Å². The first-order valence-corrected chi connectivity index (χ1v) is 38.8. The summed E-state index contributed by atoms with van der Waals surface area (Å²) in [6, 6.07) is -1.12. The number of primary amides is 6. The monoisotopic (exact) mass is 1660 g/mol. The molecule has 7 aliphatic heterocycles. The number of carbonyl (C=O) groups excluding carboxylic acids is 7. The van der Waals surface area contributed by atoms with Gasteiger partial charge in [-0.1, -0.05) is 40.7 Å². The van der Waals surface area contributed by atoms with Gasteiger partial charge in [-0.25, -0.2) is 24.2 Å². The molecule has 7 aliphatic rings. The van der Waals surface area contributed by atoms with Gasteiger partial charge in [-0.3, -0.25) is 76.6 Å². The second-order valence-corrected chi connectivity index (χ2v) is 33.8. The molecule has 45 heteroatoms. The molecule has 0 saturated carbocycles. The van der Waals surface area contributed by atoms with Crippen LogP contribution in [0.3, 0.4) is 0 Å². The molecular formula is C68H95CoN21O21P2-4. The number of ether oxygens (including phenoxy) is 2. The molecule has 22 N–H and O–H groups in total. The van der Waals surface area contributed by atoms with Crippen LogP contribution in [-0.4, -0.2) is 185 Å². The second-order valence-electron chi connectivity index (χ2n) is 30.9. The van der Waals surface area contributed by atoms with Crippen LogP contribution in [-0.2, 0) is 82.3 Å². The minimum Gasteiger partial charge on any atom is -0.756 e. The van der Waals surface area contributed by atoms with E-state index in [2.05, 4.69) is 46.5 Å². The fourth-order valence-electron chi connectivity index (χ4n) is 17.0. The number of aromatic nitrogens is 8. The molecule has 621 valence electrons. The number of rotatable bonds is 29. The third kappa shape index (κ3) is 17.5. The zero-order chi connectivity index (χ0) is 82.8. The topological polar surface area (TPSA) is 705 Å². The quantitative estimate of drug-likeness (QED) is 0.0222. The van der Waals surface area contributed by atoms with E-state index in [0.29, 0.717) is 56.5 Å². The first-order chi connectivity index (χ1) is 52.1. The summed E-state index contributed by atoms with van der Waals surface area (Å²) < 4.78 is 53.6. The Balaban J connectivity index is 0.000000669. The molecule has 4 aromatic heterocycles. The number of nitrogen functional groups attached to an aromatic ring is 2. The average Bonchev–Trinajstić information content (AvgIpc) is 1.53. The Morgan fingerprint density at radius 3 is 1.89 bits per heavy atom. The number of nitrogens with one attached hydrogen (secondary N) is 2. The third-order valence-electron chi connectivity index (χ3n) is 22.9. The standard InChI is InChI=1S/C58H86N16O18P2.C10H12N5O3.Co/c1-25(91-94(87,88)92-93(85,86)89-23-33-45(82)46(83)52(90-33)74-24-67-44-50(74)71-53(65)72-51(44)84)22-66-41(81)16-17-55(6)31(18-38(62)78)49-58(9)57(8,21-40(64)80)30(12-15-37(61)77)43(73-58)27(3)48-56(7,20-39(63)79)28(10-13-35(59)75)32(68-48)19-34-54(4,5)29(11-14-36(60)76)42(69-34)26(2)47(55)70-49;1-4-6(16)7(17)10(18-4)15-3-14-5-8(11)12-2-13-9(5)15;/h19,24-25,28-31,33,45-46,49,52,82-83H,10-18,20-23H2,1-9H3,(H19,59,60,61,62,63,64,65,66,68,69,70,71,72,73,75,76,77,78,79,80,81,84,85,86,87,88);2-4,6-7,10,16-17H,1H2,(H2,11,12,13);/q;-1;/p-3/t25-,28-,29-,30-,31+,33-,45-,46-,49-,52-,55-,56+,57+,58+;4-,6-,7-,10-;/m11./s1. The van der Waals surface area contributed by atoms with Gasteiger partial charge < -0.3 is 112 Å². The number of nitrogens with zero attached hydrogens (tertiary/aromatic N) is 11. The van der Waals surface area contributed by atoms with Crippen molar-refractivity contribution in [1.29, 1.82) is 0 Å². The van der Waals surface area contributed by atoms with Crippen LogP contribution in [0.15, 0.2) is 73.1 Å². The smallest absolute Gasteiger partial charge is 0.280 e. The van der Waals surface area contributed by atoms with Gasteiger partial charge in [0.05, 0.1) is 42.7 Å². The fraction of sp³-hybridized carbons (Fsp3) is 0.603. The number of aromatic amines is 1. The van der Waals surface area contributed by atoms with Crippen LogP contribution < -0.4 is 66.5 Å². The van der Waals surface area contributed by atoms with Crippen molar-refractivity contribution in [3.8, 4) is 0 Å². The fourth-order valence-corrected chi connectivity index (χ4v) is 19.2. The molecule has 0 aliphatic carbocycles. The summed E-state index contributed by atoms with van der Waals surface area (Å²) in [5, 5.41) is 49.2. The van der Waals surface area contributed by atoms with Crippen molar-refractivity contribution < 1.29 is 113 Å². The number of hydrogen-bond donors (Lipinski definition) is 14. The molecule has 42 nitrogen and oxygen atoms in total. The predicted molar refractivity (Wildman–Crippen MR) is 395 cm³/mol. The molecule has 4 aromatic rings. The van der Waals surface area contributed by atoms with Gasteiger partial charge in [0, 0.05) is 125 Å². The van der Waals surface area contributed by atoms with Crippen LogP contribution in [0.4, 0.5) is 11.8 Å². The van der Waals surface area contributed by atoms with Crippen molar-refractivity contribution in [3.63, 3.8) is 0 Å². The van der Waals surface area contributed by atoms with E-state index in [1.165, 1.54) is 24.1 Å². The van der Waals surface area contributed by atoms with E-state index in [0.717, 1.165) is 10.9 Å². The number of aliphatic hydroxyl groups is 4. The number of H-pyrrole nitrogens is 1. The number of imidazole rings is 2. The van der Waals surface area contributed by atoms with E-state index in [9.17, 15) is 77.7 Å². The first-order valence-electron chi connectivity index (χ1n) is 35.9. The summed E-state index contributed by atoms with van der Waals surface area (Å²) in [7, 11) is -11.7. The van der Waals surface area contributed by atoms with Gasteiger partial charge in [0.15, 0.2) is 35.1 Å². The maximum Gasteiger partial charge on any atom is 0.280 e. The van der Waals surface area contributed by atoms with E-state index < -0.39 is 194 Å². The van der Waals surface area contributed by atoms with Crippen molar-refractivity contribution in [1.82, 2.24) is 44.4 Å². The van der Waals surface area contributed by atoms with Crippen LogP contribution >= 0.6 is 15.6 Å². The first kappa shape index (κ1) is 88.3. The molecule has 113 heavy (non-hydrogen) atoms. The number of nitrogens with two attached hydrogens (primary N) is 8. The Morgan fingerprint density at radius 2 is 1.30 bits per heavy atom. The largest absolute Gasteiger partial charge is 0.756 e. The number of aliphatic imine (C=N–C) groups is 3. The van der Waals surface area contributed by atoms with Crippen LogP contribution in [0.5, 0.6) is 0 Å². The zero-order valence-electron chi connectivity index (χ0n) is 63.3. The van der Waals surface area contributed by atoms with Gasteiger partial charge in [0.25, 0.3) is 21.2 Å². The predicted octanol–water partition coefficient (Wildman–Crippen LogP) is -1.29. The van der Waals surface area contributed by atoms with Gasteiger partial charge in [0.2, 0.25) is 47.3 Å². The van der Waals surface area contributed by atoms with Crippen LogP contribution in [0.1, 0.15) is 145 Å². The number of hydrogen-bond acceptors (Lipinski definition) is 31. The molecule has 1 radical (unpaired) electrons. The van der Waals surface area contributed by atoms with Crippen molar-refractivity contribution in [2.45, 2.75) is 200 Å². The molecule has 20 atom stereocenters. The van der Waals surface area contributed by atoms with E-state index in [1.807, 2.05) is 13.8 Å². The van der Waals surface area contributed by atoms with Crippen molar-refractivity contribution in [3.05, 3.63) is 75.9 Å². The number of phosphoric ester groups is 2. The number of amides is 7. The molecule has 3 fully saturated rings. The van der Waals surface area contributed by atoms with Gasteiger partial charge >= 0.3 is 0 Å². The number of allylic oxidation sites excluding steroid dienone is 6. The molecule has 3 saturated heterocycles. The second kappa shape index (κ2) is 33.3. The Morgan fingerprint density at radius 1 is 0.717 bits per heavy atom. The summed E-state index contributed by atoms with van der Waals surface area (Å²) >= 11 is 0. The Kier molecular flexibility index (Phi) is 26.0. The molecule has 11 rings (SSSR count). The SMILES string of the molecule is C/C1=C2/[N-][C@H]([C@H](CC(N)=O)[C@@]2(C)CCC(=O)NC[C@@H](C)OP(=O)([O-])OP(=O)([O-])OC[C@H]2O[C@@H](n3cnc4c(=O)[nH]c(N)nc43)[C@H](O)[C@@H]2O)[C@]2(C)N=C(/C(C)=C3N=C(/C=C4N=C1[C@@H](CCC(N)=O)C\4(C)C)[C@@H](CCC(N)=O)[C@]\3(C)CC(N)=O)[C@@H](CCC(N)=O)[C@]2(C)CC(N)=O.[CH2-][C@H]1O[C@@H](n2cnc3c(N)ncnc32)[C@H](O)[C@@H]1O.[Co]. The normalized spacial score (nSPS) is 33.4. The number of carbonyl (C=O) groups is 7. The molecule has 2 unspecified atom stereocenters. The summed E-state index contributed by atoms with van der Waals surface area (Å²) in [5.41, 5.74) is 43.8. The molecule has 8 bridgehead atoms. The Labute approximate surface area is 657 Å². The molecular weight excluding hydrogens is 1570 g/mol. The minimum atomic E-state index is -5.88. The number of fused-ring (bicyclic) bond motifs is 8. The summed E-state index contributed by atoms with van der Waals surface area (Å²) in [6.07, 6.45) is -8.02. The molecule has 11 heterocycles. The Hall–Kier alpha value is -8.65. The summed E-state index contributed by atoms with van der Waals surface area (Å²) in [6.45, 7) is 17.6. The van der Waals surface area contributed by atoms with E-state index >= 15 is 0 Å². The van der Waals surface area contributed by atoms with Crippen molar-refractivity contribution >= 4 is 108 Å². The molecule has 7 amide bonds. The van der Waals surface area contributed by atoms with Gasteiger partial charge in [-0.15, -0.1) is 0 Å².